The summed E-state index contributed by atoms with van der Waals surface area (Å²) in [7, 11) is 1.37. The second kappa shape index (κ2) is 8.40. The molecule has 3 aromatic rings. The SMILES string of the molecule is COc1cc(N)c(Cl)cc1C(=O)OCC(=O)Nc1nnc(-c2ccccc2)o1. The molecule has 0 spiro atoms. The van der Waals surface area contributed by atoms with E-state index in [-0.39, 0.29) is 33.9 Å². The summed E-state index contributed by atoms with van der Waals surface area (Å²) >= 11 is 5.91. The minimum absolute atomic E-state index is 0.0404. The van der Waals surface area contributed by atoms with Crippen LogP contribution in [0.2, 0.25) is 5.02 Å². The van der Waals surface area contributed by atoms with Crippen molar-refractivity contribution < 1.29 is 23.5 Å². The predicted octanol–water partition coefficient (Wildman–Crippen LogP) is 2.78. The molecule has 1 aromatic heterocycles. The van der Waals surface area contributed by atoms with Crippen LogP contribution in [0.3, 0.4) is 0 Å². The lowest BCUT2D eigenvalue weighted by molar-refractivity contribution is -0.119. The molecular formula is C18H15ClN4O5. The van der Waals surface area contributed by atoms with Crippen molar-refractivity contribution in [3.05, 3.63) is 53.1 Å². The lowest BCUT2D eigenvalue weighted by Gasteiger charge is -2.10. The molecular weight excluding hydrogens is 388 g/mol. The number of carbonyl (C=O) groups excluding carboxylic acids is 2. The first kappa shape index (κ1) is 19.2. The Labute approximate surface area is 164 Å². The second-order valence-electron chi connectivity index (χ2n) is 5.48. The van der Waals surface area contributed by atoms with Gasteiger partial charge in [0.2, 0.25) is 5.89 Å². The van der Waals surface area contributed by atoms with E-state index in [1.54, 1.807) is 12.1 Å². The van der Waals surface area contributed by atoms with Gasteiger partial charge in [-0.2, -0.15) is 0 Å². The van der Waals surface area contributed by atoms with Gasteiger partial charge in [0.05, 0.1) is 17.8 Å². The molecule has 0 saturated heterocycles. The van der Waals surface area contributed by atoms with E-state index in [1.165, 1.54) is 19.2 Å². The third-order valence-electron chi connectivity index (χ3n) is 3.57. The van der Waals surface area contributed by atoms with E-state index >= 15 is 0 Å². The Balaban J connectivity index is 1.60. The normalized spacial score (nSPS) is 10.4. The van der Waals surface area contributed by atoms with Crippen molar-refractivity contribution >= 4 is 35.2 Å². The zero-order valence-corrected chi connectivity index (χ0v) is 15.4. The highest BCUT2D eigenvalue weighted by molar-refractivity contribution is 6.33. The lowest BCUT2D eigenvalue weighted by atomic mass is 10.2. The molecule has 3 rings (SSSR count). The summed E-state index contributed by atoms with van der Waals surface area (Å²) in [5.74, 6) is -1.03. The van der Waals surface area contributed by atoms with Crippen LogP contribution >= 0.6 is 11.6 Å². The van der Waals surface area contributed by atoms with Crippen molar-refractivity contribution in [1.29, 1.82) is 0 Å². The van der Waals surface area contributed by atoms with E-state index in [1.807, 2.05) is 18.2 Å². The van der Waals surface area contributed by atoms with Gasteiger partial charge in [-0.25, -0.2) is 4.79 Å². The zero-order valence-electron chi connectivity index (χ0n) is 14.6. The maximum atomic E-state index is 12.2. The third-order valence-corrected chi connectivity index (χ3v) is 3.89. The fraction of sp³-hybridized carbons (Fsp3) is 0.111. The van der Waals surface area contributed by atoms with Crippen molar-refractivity contribution in [2.24, 2.45) is 0 Å². The van der Waals surface area contributed by atoms with Gasteiger partial charge in [-0.1, -0.05) is 34.9 Å². The number of nitrogen functional groups attached to an aromatic ring is 1. The van der Waals surface area contributed by atoms with Gasteiger partial charge in [-0.3, -0.25) is 10.1 Å². The minimum atomic E-state index is -0.801. The van der Waals surface area contributed by atoms with Crippen molar-refractivity contribution in [2.45, 2.75) is 0 Å². The number of amides is 1. The van der Waals surface area contributed by atoms with Crippen molar-refractivity contribution in [3.8, 4) is 17.2 Å². The first-order valence-electron chi connectivity index (χ1n) is 7.97. The summed E-state index contributed by atoms with van der Waals surface area (Å²) in [6.07, 6.45) is 0. The molecule has 0 bridgehead atoms. The Kier molecular flexibility index (Phi) is 5.75. The largest absolute Gasteiger partial charge is 0.496 e. The molecule has 144 valence electrons. The summed E-state index contributed by atoms with van der Waals surface area (Å²) in [6.45, 7) is -0.576. The van der Waals surface area contributed by atoms with Gasteiger partial charge in [0.25, 0.3) is 5.91 Å². The van der Waals surface area contributed by atoms with Gasteiger partial charge in [0.1, 0.15) is 11.3 Å². The fourth-order valence-electron chi connectivity index (χ4n) is 2.23. The second-order valence-corrected chi connectivity index (χ2v) is 5.88. The standard InChI is InChI=1S/C18H15ClN4O5/c1-26-14-8-13(20)12(19)7-11(14)17(25)27-9-15(24)21-18-23-22-16(28-18)10-5-3-2-4-6-10/h2-8H,9,20H2,1H3,(H,21,23,24). The molecule has 1 amide bonds. The average Bonchev–Trinajstić information content (AvgIpc) is 3.17. The van der Waals surface area contributed by atoms with E-state index in [4.69, 9.17) is 31.2 Å². The molecule has 0 saturated carbocycles. The molecule has 0 aliphatic heterocycles. The van der Waals surface area contributed by atoms with Crippen LogP contribution in [0.5, 0.6) is 5.75 Å². The Morgan fingerprint density at radius 2 is 1.96 bits per heavy atom. The first-order valence-corrected chi connectivity index (χ1v) is 8.34. The van der Waals surface area contributed by atoms with E-state index in [0.717, 1.165) is 0 Å². The van der Waals surface area contributed by atoms with Crippen molar-refractivity contribution in [3.63, 3.8) is 0 Å². The number of nitrogens with two attached hydrogens (primary N) is 1. The zero-order chi connectivity index (χ0) is 20.1. The Hall–Kier alpha value is -3.59. The number of anilines is 2. The van der Waals surface area contributed by atoms with Gasteiger partial charge in [-0.15, -0.1) is 5.10 Å². The van der Waals surface area contributed by atoms with Gasteiger partial charge in [-0.05, 0) is 18.2 Å². The van der Waals surface area contributed by atoms with E-state index < -0.39 is 18.5 Å². The lowest BCUT2D eigenvalue weighted by Crippen LogP contribution is -2.21. The average molecular weight is 403 g/mol. The highest BCUT2D eigenvalue weighted by Crippen LogP contribution is 2.29. The molecule has 0 aliphatic carbocycles. The maximum absolute atomic E-state index is 12.2. The van der Waals surface area contributed by atoms with Crippen molar-refractivity contribution in [2.75, 3.05) is 24.8 Å². The number of benzene rings is 2. The Morgan fingerprint density at radius 3 is 2.68 bits per heavy atom. The Morgan fingerprint density at radius 1 is 1.21 bits per heavy atom. The molecule has 9 nitrogen and oxygen atoms in total. The summed E-state index contributed by atoms with van der Waals surface area (Å²) in [6, 6.07) is 11.6. The number of nitrogens with zero attached hydrogens (tertiary/aromatic N) is 2. The predicted molar refractivity (Wildman–Crippen MR) is 101 cm³/mol. The summed E-state index contributed by atoms with van der Waals surface area (Å²) in [4.78, 5) is 24.2. The van der Waals surface area contributed by atoms with Crippen molar-refractivity contribution in [1.82, 2.24) is 10.2 Å². The van der Waals surface area contributed by atoms with Gasteiger partial charge < -0.3 is 19.6 Å². The number of hydrogen-bond donors (Lipinski definition) is 2. The summed E-state index contributed by atoms with van der Waals surface area (Å²) in [5.41, 5.74) is 6.66. The number of carbonyl (C=O) groups is 2. The van der Waals surface area contributed by atoms with Gasteiger partial charge in [0.15, 0.2) is 6.61 Å². The number of ether oxygens (including phenoxy) is 2. The molecule has 0 aliphatic rings. The van der Waals surface area contributed by atoms with E-state index in [0.29, 0.717) is 5.56 Å². The molecule has 1 heterocycles. The molecule has 10 heteroatoms. The topological polar surface area (TPSA) is 130 Å². The minimum Gasteiger partial charge on any atom is -0.496 e. The van der Waals surface area contributed by atoms with E-state index in [9.17, 15) is 9.59 Å². The van der Waals surface area contributed by atoms with Crippen LogP contribution in [0.1, 0.15) is 10.4 Å². The van der Waals surface area contributed by atoms with Crippen LogP contribution in [0.25, 0.3) is 11.5 Å². The first-order chi connectivity index (χ1) is 13.5. The number of hydrogen-bond acceptors (Lipinski definition) is 8. The van der Waals surface area contributed by atoms with Crippen LogP contribution in [0, 0.1) is 0 Å². The van der Waals surface area contributed by atoms with Gasteiger partial charge in [0, 0.05) is 11.6 Å². The van der Waals surface area contributed by atoms with Crippen LogP contribution in [0.15, 0.2) is 46.9 Å². The number of methoxy groups -OCH3 is 1. The summed E-state index contributed by atoms with van der Waals surface area (Å²) < 4.78 is 15.4. The number of nitrogens with one attached hydrogen (secondary N) is 1. The molecule has 0 radical (unpaired) electrons. The van der Waals surface area contributed by atoms with Crippen LogP contribution in [-0.4, -0.2) is 35.8 Å². The smallest absolute Gasteiger partial charge is 0.342 e. The summed E-state index contributed by atoms with van der Waals surface area (Å²) in [5, 5.41) is 10.1. The van der Waals surface area contributed by atoms with Crippen LogP contribution in [-0.2, 0) is 9.53 Å². The Bertz CT molecular complexity index is 1010. The monoisotopic (exact) mass is 402 g/mol. The molecule has 0 atom stereocenters. The molecule has 0 unspecified atom stereocenters. The van der Waals surface area contributed by atoms with Crippen LogP contribution in [0.4, 0.5) is 11.7 Å². The number of aromatic nitrogens is 2. The number of halogens is 1. The number of rotatable bonds is 6. The van der Waals surface area contributed by atoms with E-state index in [2.05, 4.69) is 15.5 Å². The fourth-order valence-corrected chi connectivity index (χ4v) is 2.40. The highest BCUT2D eigenvalue weighted by Gasteiger charge is 2.18. The highest BCUT2D eigenvalue weighted by atomic mass is 35.5. The third kappa shape index (κ3) is 4.38. The number of esters is 1. The van der Waals surface area contributed by atoms with Gasteiger partial charge >= 0.3 is 12.0 Å². The van der Waals surface area contributed by atoms with Crippen LogP contribution < -0.4 is 15.8 Å². The molecule has 3 N–H and O–H groups in total. The molecule has 28 heavy (non-hydrogen) atoms. The quantitative estimate of drug-likeness (QED) is 0.475. The molecule has 0 fully saturated rings. The molecule has 2 aromatic carbocycles. The maximum Gasteiger partial charge on any atom is 0.342 e.